The number of fused-ring (bicyclic) bond motifs is 1. The molecule has 0 aromatic heterocycles. The summed E-state index contributed by atoms with van der Waals surface area (Å²) in [6, 6.07) is 11.4. The van der Waals surface area contributed by atoms with Gasteiger partial charge in [0.2, 0.25) is 0 Å². The molecular formula is C20H23NO3. The Bertz CT molecular complexity index is 740. The maximum atomic E-state index is 12.5. The van der Waals surface area contributed by atoms with Crippen molar-refractivity contribution >= 4 is 11.6 Å². The minimum atomic E-state index is -0.145. The largest absolute Gasteiger partial charge is 0.493 e. The number of benzene rings is 2. The van der Waals surface area contributed by atoms with E-state index in [9.17, 15) is 4.79 Å². The second-order valence-electron chi connectivity index (χ2n) is 6.01. The van der Waals surface area contributed by atoms with Crippen molar-refractivity contribution in [3.63, 3.8) is 0 Å². The Labute approximate surface area is 142 Å². The Morgan fingerprint density at radius 1 is 1.08 bits per heavy atom. The summed E-state index contributed by atoms with van der Waals surface area (Å²) in [5, 5.41) is 2.97. The van der Waals surface area contributed by atoms with Crippen molar-refractivity contribution in [3.05, 3.63) is 53.1 Å². The molecule has 0 fully saturated rings. The predicted molar refractivity (Wildman–Crippen MR) is 95.2 cm³/mol. The SMILES string of the molecule is CCCOc1ccc(C(=O)Nc2ccc3c(c2)CCC3)cc1OC. The number of hydrogen-bond acceptors (Lipinski definition) is 3. The molecule has 3 rings (SSSR count). The van der Waals surface area contributed by atoms with Gasteiger partial charge < -0.3 is 14.8 Å². The molecule has 4 nitrogen and oxygen atoms in total. The zero-order valence-electron chi connectivity index (χ0n) is 14.2. The van der Waals surface area contributed by atoms with Crippen LogP contribution >= 0.6 is 0 Å². The van der Waals surface area contributed by atoms with Gasteiger partial charge in [0, 0.05) is 11.3 Å². The van der Waals surface area contributed by atoms with E-state index in [1.807, 2.05) is 13.0 Å². The van der Waals surface area contributed by atoms with E-state index in [4.69, 9.17) is 9.47 Å². The Morgan fingerprint density at radius 3 is 2.71 bits per heavy atom. The highest BCUT2D eigenvalue weighted by atomic mass is 16.5. The summed E-state index contributed by atoms with van der Waals surface area (Å²) in [7, 11) is 1.58. The number of rotatable bonds is 6. The van der Waals surface area contributed by atoms with E-state index in [1.165, 1.54) is 17.5 Å². The van der Waals surface area contributed by atoms with Gasteiger partial charge in [-0.05, 0) is 67.1 Å². The molecule has 2 aromatic rings. The second kappa shape index (κ2) is 7.39. The number of hydrogen-bond donors (Lipinski definition) is 1. The molecule has 2 aromatic carbocycles. The third-order valence-electron chi connectivity index (χ3n) is 4.24. The second-order valence-corrected chi connectivity index (χ2v) is 6.01. The molecule has 126 valence electrons. The minimum absolute atomic E-state index is 0.145. The quantitative estimate of drug-likeness (QED) is 0.865. The van der Waals surface area contributed by atoms with Crippen LogP contribution in [0.2, 0.25) is 0 Å². The van der Waals surface area contributed by atoms with E-state index >= 15 is 0 Å². The van der Waals surface area contributed by atoms with Crippen molar-refractivity contribution in [1.29, 1.82) is 0 Å². The van der Waals surface area contributed by atoms with E-state index in [1.54, 1.807) is 25.3 Å². The summed E-state index contributed by atoms with van der Waals surface area (Å²) in [5.41, 5.74) is 4.13. The van der Waals surface area contributed by atoms with E-state index < -0.39 is 0 Å². The van der Waals surface area contributed by atoms with Crippen LogP contribution < -0.4 is 14.8 Å². The molecule has 1 aliphatic carbocycles. The van der Waals surface area contributed by atoms with Gasteiger partial charge in [0.05, 0.1) is 13.7 Å². The highest BCUT2D eigenvalue weighted by molar-refractivity contribution is 6.04. The summed E-state index contributed by atoms with van der Waals surface area (Å²) in [5.74, 6) is 1.09. The van der Waals surface area contributed by atoms with Crippen LogP contribution in [0.4, 0.5) is 5.69 Å². The van der Waals surface area contributed by atoms with E-state index in [0.717, 1.165) is 24.9 Å². The van der Waals surface area contributed by atoms with Gasteiger partial charge in [-0.3, -0.25) is 4.79 Å². The standard InChI is InChI=1S/C20H23NO3/c1-3-11-24-18-10-8-16(13-19(18)23-2)20(22)21-17-9-7-14-5-4-6-15(14)12-17/h7-10,12-13H,3-6,11H2,1-2H3,(H,21,22). The van der Waals surface area contributed by atoms with Crippen molar-refractivity contribution < 1.29 is 14.3 Å². The Kier molecular flexibility index (Phi) is 5.04. The van der Waals surface area contributed by atoms with Crippen LogP contribution in [-0.4, -0.2) is 19.6 Å². The molecule has 0 saturated carbocycles. The van der Waals surface area contributed by atoms with Crippen LogP contribution in [0, 0.1) is 0 Å². The number of amides is 1. The first-order valence-electron chi connectivity index (χ1n) is 8.45. The molecule has 0 saturated heterocycles. The van der Waals surface area contributed by atoms with Crippen molar-refractivity contribution in [1.82, 2.24) is 0 Å². The molecule has 0 atom stereocenters. The molecular weight excluding hydrogens is 302 g/mol. The number of ether oxygens (including phenoxy) is 2. The predicted octanol–water partition coefficient (Wildman–Crippen LogP) is 4.23. The first-order chi connectivity index (χ1) is 11.7. The molecule has 1 N–H and O–H groups in total. The smallest absolute Gasteiger partial charge is 0.255 e. The van der Waals surface area contributed by atoms with Gasteiger partial charge in [0.25, 0.3) is 5.91 Å². The van der Waals surface area contributed by atoms with Crippen LogP contribution in [0.3, 0.4) is 0 Å². The molecule has 1 aliphatic rings. The lowest BCUT2D eigenvalue weighted by molar-refractivity contribution is 0.102. The Balaban J connectivity index is 1.74. The first-order valence-corrected chi connectivity index (χ1v) is 8.45. The molecule has 0 spiro atoms. The lowest BCUT2D eigenvalue weighted by Crippen LogP contribution is -2.12. The average Bonchev–Trinajstić information content (AvgIpc) is 3.07. The number of carbonyl (C=O) groups excluding carboxylic acids is 1. The lowest BCUT2D eigenvalue weighted by Gasteiger charge is -2.12. The van der Waals surface area contributed by atoms with Gasteiger partial charge >= 0.3 is 0 Å². The maximum absolute atomic E-state index is 12.5. The Hall–Kier alpha value is -2.49. The van der Waals surface area contributed by atoms with Crippen molar-refractivity contribution in [3.8, 4) is 11.5 Å². The highest BCUT2D eigenvalue weighted by Crippen LogP contribution is 2.29. The zero-order chi connectivity index (χ0) is 16.9. The molecule has 0 bridgehead atoms. The number of methoxy groups -OCH3 is 1. The van der Waals surface area contributed by atoms with Gasteiger partial charge in [0.1, 0.15) is 0 Å². The van der Waals surface area contributed by atoms with E-state index in [0.29, 0.717) is 23.7 Å². The molecule has 0 heterocycles. The highest BCUT2D eigenvalue weighted by Gasteiger charge is 2.14. The van der Waals surface area contributed by atoms with Crippen LogP contribution in [0.15, 0.2) is 36.4 Å². The van der Waals surface area contributed by atoms with Crippen molar-refractivity contribution in [2.75, 3.05) is 19.0 Å². The van der Waals surface area contributed by atoms with Gasteiger partial charge in [-0.2, -0.15) is 0 Å². The monoisotopic (exact) mass is 325 g/mol. The molecule has 0 unspecified atom stereocenters. The van der Waals surface area contributed by atoms with Crippen LogP contribution in [0.25, 0.3) is 0 Å². The lowest BCUT2D eigenvalue weighted by atomic mass is 10.1. The summed E-state index contributed by atoms with van der Waals surface area (Å²) in [6.07, 6.45) is 4.35. The van der Waals surface area contributed by atoms with E-state index in [-0.39, 0.29) is 5.91 Å². The van der Waals surface area contributed by atoms with Crippen LogP contribution in [0.1, 0.15) is 41.3 Å². The molecule has 0 radical (unpaired) electrons. The average molecular weight is 325 g/mol. The first kappa shape index (κ1) is 16.4. The van der Waals surface area contributed by atoms with Crippen molar-refractivity contribution in [2.45, 2.75) is 32.6 Å². The number of nitrogens with one attached hydrogen (secondary N) is 1. The Morgan fingerprint density at radius 2 is 1.92 bits per heavy atom. The summed E-state index contributed by atoms with van der Waals surface area (Å²) >= 11 is 0. The topological polar surface area (TPSA) is 47.6 Å². The molecule has 0 aliphatic heterocycles. The molecule has 1 amide bonds. The van der Waals surface area contributed by atoms with Gasteiger partial charge in [-0.1, -0.05) is 13.0 Å². The third-order valence-corrected chi connectivity index (χ3v) is 4.24. The normalized spacial score (nSPS) is 12.6. The minimum Gasteiger partial charge on any atom is -0.493 e. The fourth-order valence-corrected chi connectivity index (χ4v) is 2.99. The van der Waals surface area contributed by atoms with E-state index in [2.05, 4.69) is 17.4 Å². The third kappa shape index (κ3) is 3.53. The van der Waals surface area contributed by atoms with Crippen LogP contribution in [-0.2, 0) is 12.8 Å². The van der Waals surface area contributed by atoms with Gasteiger partial charge in [-0.25, -0.2) is 0 Å². The number of carbonyl (C=O) groups is 1. The van der Waals surface area contributed by atoms with Gasteiger partial charge in [-0.15, -0.1) is 0 Å². The van der Waals surface area contributed by atoms with Gasteiger partial charge in [0.15, 0.2) is 11.5 Å². The maximum Gasteiger partial charge on any atom is 0.255 e. The zero-order valence-corrected chi connectivity index (χ0v) is 14.2. The summed E-state index contributed by atoms with van der Waals surface area (Å²) in [6.45, 7) is 2.67. The summed E-state index contributed by atoms with van der Waals surface area (Å²) < 4.78 is 11.0. The van der Waals surface area contributed by atoms with Crippen molar-refractivity contribution in [2.24, 2.45) is 0 Å². The molecule has 24 heavy (non-hydrogen) atoms. The fourth-order valence-electron chi connectivity index (χ4n) is 2.99. The van der Waals surface area contributed by atoms with Crippen LogP contribution in [0.5, 0.6) is 11.5 Å². The summed E-state index contributed by atoms with van der Waals surface area (Å²) in [4.78, 5) is 12.5. The number of anilines is 1. The number of aryl methyl sites for hydroxylation is 2. The fraction of sp³-hybridized carbons (Fsp3) is 0.350. The molecule has 4 heteroatoms.